The lowest BCUT2D eigenvalue weighted by Crippen LogP contribution is -2.54. The van der Waals surface area contributed by atoms with Crippen molar-refractivity contribution in [1.29, 1.82) is 0 Å². The number of benzene rings is 2. The molecule has 0 bridgehead atoms. The highest BCUT2D eigenvalue weighted by atomic mass is 19.4. The number of halogens is 3. The summed E-state index contributed by atoms with van der Waals surface area (Å²) in [7, 11) is 0. The molecule has 2 aromatic carbocycles. The number of ether oxygens (including phenoxy) is 1. The van der Waals surface area contributed by atoms with Crippen LogP contribution in [0.15, 0.2) is 54.6 Å². The fourth-order valence-corrected chi connectivity index (χ4v) is 3.54. The molecule has 2 atom stereocenters. The fraction of sp³-hybridized carbons (Fsp3) is 0.429. The molecule has 1 aliphatic rings. The van der Waals surface area contributed by atoms with Gasteiger partial charge in [-0.05, 0) is 23.1 Å². The monoisotopic (exact) mass is 379 g/mol. The summed E-state index contributed by atoms with van der Waals surface area (Å²) < 4.78 is 44.3. The average Bonchev–Trinajstić information content (AvgIpc) is 2.68. The highest BCUT2D eigenvalue weighted by molar-refractivity contribution is 5.67. The normalized spacial score (nSPS) is 20.2. The summed E-state index contributed by atoms with van der Waals surface area (Å²) in [5.74, 6) is 0. The molecule has 1 aliphatic heterocycles. The maximum atomic E-state index is 12.9. The largest absolute Gasteiger partial charge is 0.389 e. The van der Waals surface area contributed by atoms with Gasteiger partial charge in [-0.3, -0.25) is 0 Å². The van der Waals surface area contributed by atoms with Crippen LogP contribution in [0.5, 0.6) is 0 Å². The molecule has 6 heteroatoms. The van der Waals surface area contributed by atoms with Crippen LogP contribution in [0.3, 0.4) is 0 Å². The van der Waals surface area contributed by atoms with E-state index in [4.69, 9.17) is 4.74 Å². The minimum absolute atomic E-state index is 0.0977. The molecule has 0 radical (unpaired) electrons. The number of nitrogens with one attached hydrogen (secondary N) is 1. The quantitative estimate of drug-likeness (QED) is 0.798. The first kappa shape index (κ1) is 19.9. The maximum Gasteiger partial charge on any atom is 0.389 e. The maximum absolute atomic E-state index is 12.9. The Kier molecular flexibility index (Phi) is 6.19. The van der Waals surface area contributed by atoms with E-state index >= 15 is 0 Å². The Balaban J connectivity index is 1.90. The van der Waals surface area contributed by atoms with Crippen LogP contribution in [-0.4, -0.2) is 42.7 Å². The van der Waals surface area contributed by atoms with Crippen molar-refractivity contribution in [2.24, 2.45) is 0 Å². The minimum Gasteiger partial charge on any atom is -0.387 e. The van der Waals surface area contributed by atoms with E-state index in [1.54, 1.807) is 0 Å². The van der Waals surface area contributed by atoms with Gasteiger partial charge < -0.3 is 15.2 Å². The van der Waals surface area contributed by atoms with Crippen molar-refractivity contribution in [2.45, 2.75) is 37.1 Å². The molecule has 2 unspecified atom stereocenters. The molecular formula is C21H24F3NO2. The van der Waals surface area contributed by atoms with E-state index in [-0.39, 0.29) is 6.42 Å². The lowest BCUT2D eigenvalue weighted by atomic mass is 9.82. The van der Waals surface area contributed by atoms with Gasteiger partial charge in [-0.1, -0.05) is 54.6 Å². The molecule has 0 saturated carbocycles. The third kappa shape index (κ3) is 5.31. The van der Waals surface area contributed by atoms with Crippen molar-refractivity contribution in [3.63, 3.8) is 0 Å². The number of rotatable bonds is 6. The summed E-state index contributed by atoms with van der Waals surface area (Å²) >= 11 is 0. The van der Waals surface area contributed by atoms with Crippen molar-refractivity contribution in [3.8, 4) is 11.1 Å². The van der Waals surface area contributed by atoms with E-state index in [2.05, 4.69) is 5.32 Å². The molecule has 0 aromatic heterocycles. The van der Waals surface area contributed by atoms with E-state index in [0.29, 0.717) is 19.7 Å². The Morgan fingerprint density at radius 1 is 1.00 bits per heavy atom. The van der Waals surface area contributed by atoms with E-state index in [9.17, 15) is 18.3 Å². The van der Waals surface area contributed by atoms with Gasteiger partial charge in [0.2, 0.25) is 0 Å². The van der Waals surface area contributed by atoms with E-state index in [0.717, 1.165) is 16.7 Å². The SMILES string of the molecule is OC(CCC(F)(F)F)(Cc1ccccc1-c1ccccc1)C1CNCCO1. The second kappa shape index (κ2) is 8.42. The van der Waals surface area contributed by atoms with Crippen molar-refractivity contribution < 1.29 is 23.0 Å². The van der Waals surface area contributed by atoms with E-state index in [1.165, 1.54) is 0 Å². The zero-order valence-electron chi connectivity index (χ0n) is 15.0. The zero-order valence-corrected chi connectivity index (χ0v) is 15.0. The van der Waals surface area contributed by atoms with Crippen LogP contribution in [0.2, 0.25) is 0 Å². The molecule has 27 heavy (non-hydrogen) atoms. The Morgan fingerprint density at radius 3 is 2.37 bits per heavy atom. The van der Waals surface area contributed by atoms with Crippen molar-refractivity contribution in [2.75, 3.05) is 19.7 Å². The van der Waals surface area contributed by atoms with Crippen LogP contribution in [0, 0.1) is 0 Å². The van der Waals surface area contributed by atoms with Crippen molar-refractivity contribution in [1.82, 2.24) is 5.32 Å². The minimum atomic E-state index is -4.32. The molecule has 2 N–H and O–H groups in total. The first-order valence-corrected chi connectivity index (χ1v) is 9.12. The van der Waals surface area contributed by atoms with Gasteiger partial charge in [0, 0.05) is 25.9 Å². The molecule has 0 amide bonds. The van der Waals surface area contributed by atoms with Crippen LogP contribution >= 0.6 is 0 Å². The molecule has 0 spiro atoms. The lowest BCUT2D eigenvalue weighted by molar-refractivity contribution is -0.167. The van der Waals surface area contributed by atoms with Crippen molar-refractivity contribution in [3.05, 3.63) is 60.2 Å². The first-order chi connectivity index (χ1) is 12.9. The average molecular weight is 379 g/mol. The molecule has 0 aliphatic carbocycles. The molecule has 1 saturated heterocycles. The van der Waals surface area contributed by atoms with Gasteiger partial charge in [-0.15, -0.1) is 0 Å². The third-order valence-electron chi connectivity index (χ3n) is 4.97. The van der Waals surface area contributed by atoms with Crippen molar-refractivity contribution >= 4 is 0 Å². The van der Waals surface area contributed by atoms with Gasteiger partial charge in [0.05, 0.1) is 18.3 Å². The molecule has 3 nitrogen and oxygen atoms in total. The van der Waals surface area contributed by atoms with Crippen LogP contribution in [-0.2, 0) is 11.2 Å². The number of alkyl halides is 3. The van der Waals surface area contributed by atoms with Crippen LogP contribution in [0.25, 0.3) is 11.1 Å². The second-order valence-corrected chi connectivity index (χ2v) is 6.98. The molecule has 2 aromatic rings. The highest BCUT2D eigenvalue weighted by Crippen LogP contribution is 2.34. The zero-order chi connectivity index (χ0) is 19.3. The predicted octanol–water partition coefficient (Wildman–Crippen LogP) is 3.96. The van der Waals surface area contributed by atoms with Gasteiger partial charge in [0.15, 0.2) is 0 Å². The summed E-state index contributed by atoms with van der Waals surface area (Å²) in [5, 5.41) is 14.4. The Bertz CT molecular complexity index is 730. The summed E-state index contributed by atoms with van der Waals surface area (Å²) in [6.45, 7) is 1.34. The summed E-state index contributed by atoms with van der Waals surface area (Å²) in [6, 6.07) is 17.1. The van der Waals surface area contributed by atoms with Crippen LogP contribution in [0.4, 0.5) is 13.2 Å². The first-order valence-electron chi connectivity index (χ1n) is 9.12. The van der Waals surface area contributed by atoms with Crippen LogP contribution < -0.4 is 5.32 Å². The molecule has 146 valence electrons. The topological polar surface area (TPSA) is 41.5 Å². The van der Waals surface area contributed by atoms with Gasteiger partial charge in [0.1, 0.15) is 0 Å². The molecule has 3 rings (SSSR count). The number of hydrogen-bond acceptors (Lipinski definition) is 3. The second-order valence-electron chi connectivity index (χ2n) is 6.98. The molecular weight excluding hydrogens is 355 g/mol. The standard InChI is InChI=1S/C21H24F3NO2/c22-21(23,24)11-10-20(26,19-15-25-12-13-27-19)14-17-8-4-5-9-18(17)16-6-2-1-3-7-16/h1-9,19,25-26H,10-15H2. The summed E-state index contributed by atoms with van der Waals surface area (Å²) in [4.78, 5) is 0. The number of morpholine rings is 1. The summed E-state index contributed by atoms with van der Waals surface area (Å²) in [6.07, 6.45) is -6.35. The van der Waals surface area contributed by atoms with Gasteiger partial charge in [0.25, 0.3) is 0 Å². The van der Waals surface area contributed by atoms with Crippen LogP contribution in [0.1, 0.15) is 18.4 Å². The third-order valence-corrected chi connectivity index (χ3v) is 4.97. The predicted molar refractivity (Wildman–Crippen MR) is 98.4 cm³/mol. The number of aliphatic hydroxyl groups is 1. The molecule has 1 heterocycles. The fourth-order valence-electron chi connectivity index (χ4n) is 3.54. The van der Waals surface area contributed by atoms with Gasteiger partial charge in [-0.2, -0.15) is 13.2 Å². The van der Waals surface area contributed by atoms with E-state index < -0.39 is 30.7 Å². The van der Waals surface area contributed by atoms with E-state index in [1.807, 2.05) is 54.6 Å². The van der Waals surface area contributed by atoms with Gasteiger partial charge in [-0.25, -0.2) is 0 Å². The Morgan fingerprint density at radius 2 is 1.70 bits per heavy atom. The molecule has 1 fully saturated rings. The lowest BCUT2D eigenvalue weighted by Gasteiger charge is -2.39. The number of hydrogen-bond donors (Lipinski definition) is 2. The van der Waals surface area contributed by atoms with Gasteiger partial charge >= 0.3 is 6.18 Å². The highest BCUT2D eigenvalue weighted by Gasteiger charge is 2.42. The smallest absolute Gasteiger partial charge is 0.387 e. The Labute approximate surface area is 157 Å². The Hall–Kier alpha value is -1.89. The summed E-state index contributed by atoms with van der Waals surface area (Å²) in [5.41, 5.74) is 1.08.